The first-order chi connectivity index (χ1) is 9.81. The molecule has 0 amide bonds. The molecule has 2 unspecified atom stereocenters. The maximum absolute atomic E-state index is 12.8. The molecule has 0 saturated heterocycles. The lowest BCUT2D eigenvalue weighted by Gasteiger charge is -2.22. The largest absolute Gasteiger partial charge is 0.451 e. The molecule has 1 aromatic rings. The maximum atomic E-state index is 12.8. The third-order valence-electron chi connectivity index (χ3n) is 2.75. The predicted molar refractivity (Wildman–Crippen MR) is 78.7 cm³/mol. The molecule has 9 heteroatoms. The normalized spacial score (nSPS) is 14.6. The van der Waals surface area contributed by atoms with Crippen LogP contribution >= 0.6 is 11.8 Å². The van der Waals surface area contributed by atoms with E-state index < -0.39 is 12.0 Å². The van der Waals surface area contributed by atoms with Gasteiger partial charge in [0.2, 0.25) is 5.82 Å². The monoisotopic (exact) mass is 324 g/mol. The smallest absolute Gasteiger partial charge is 0.395 e. The molecule has 120 valence electrons. The lowest BCUT2D eigenvalue weighted by Crippen LogP contribution is -2.31. The second kappa shape index (κ2) is 7.69. The first kappa shape index (κ1) is 17.8. The Bertz CT molecular complexity index is 455. The van der Waals surface area contributed by atoms with Crippen LogP contribution in [-0.2, 0) is 6.18 Å². The molecular weight excluding hydrogens is 305 g/mol. The molecule has 0 saturated carbocycles. The highest BCUT2D eigenvalue weighted by atomic mass is 32.2. The molecule has 21 heavy (non-hydrogen) atoms. The van der Waals surface area contributed by atoms with Crippen LogP contribution in [0.15, 0.2) is 6.07 Å². The van der Waals surface area contributed by atoms with Crippen LogP contribution in [0.2, 0.25) is 0 Å². The van der Waals surface area contributed by atoms with Gasteiger partial charge in [0.15, 0.2) is 0 Å². The fraction of sp³-hybridized carbons (Fsp3) is 0.667. The van der Waals surface area contributed by atoms with Crippen molar-refractivity contribution in [1.82, 2.24) is 9.97 Å². The van der Waals surface area contributed by atoms with E-state index in [0.717, 1.165) is 0 Å². The molecule has 1 heterocycles. The van der Waals surface area contributed by atoms with Gasteiger partial charge in [-0.25, -0.2) is 9.97 Å². The Kier molecular flexibility index (Phi) is 6.53. The number of rotatable bonds is 7. The van der Waals surface area contributed by atoms with Gasteiger partial charge in [-0.05, 0) is 20.1 Å². The summed E-state index contributed by atoms with van der Waals surface area (Å²) < 4.78 is 38.4. The van der Waals surface area contributed by atoms with Crippen LogP contribution in [0.3, 0.4) is 0 Å². The molecule has 0 aliphatic rings. The van der Waals surface area contributed by atoms with Crippen molar-refractivity contribution in [3.63, 3.8) is 0 Å². The van der Waals surface area contributed by atoms with Crippen LogP contribution in [0, 0.1) is 0 Å². The van der Waals surface area contributed by atoms with E-state index in [1.165, 1.54) is 17.8 Å². The van der Waals surface area contributed by atoms with Crippen LogP contribution in [0.5, 0.6) is 0 Å². The van der Waals surface area contributed by atoms with Gasteiger partial charge in [-0.1, -0.05) is 0 Å². The van der Waals surface area contributed by atoms with E-state index in [1.54, 1.807) is 13.8 Å². The van der Waals surface area contributed by atoms with Crippen LogP contribution < -0.4 is 10.6 Å². The van der Waals surface area contributed by atoms with Crippen LogP contribution in [-0.4, -0.2) is 45.8 Å². The van der Waals surface area contributed by atoms with E-state index in [1.807, 2.05) is 6.26 Å². The number of nitrogens with zero attached hydrogens (tertiary/aromatic N) is 2. The van der Waals surface area contributed by atoms with E-state index in [2.05, 4.69) is 20.6 Å². The highest BCUT2D eigenvalue weighted by Gasteiger charge is 2.35. The first-order valence-corrected chi connectivity index (χ1v) is 7.71. The SMILES string of the molecule is CCNc1cc(NC(C)C(CO)SC)nc(C(F)(F)F)n1. The Labute approximate surface area is 125 Å². The van der Waals surface area contributed by atoms with Crippen molar-refractivity contribution in [2.75, 3.05) is 30.0 Å². The van der Waals surface area contributed by atoms with Gasteiger partial charge in [-0.15, -0.1) is 0 Å². The molecule has 0 aromatic carbocycles. The average Bonchev–Trinajstić information content (AvgIpc) is 2.39. The van der Waals surface area contributed by atoms with E-state index in [-0.39, 0.29) is 29.5 Å². The fourth-order valence-electron chi connectivity index (χ4n) is 1.68. The highest BCUT2D eigenvalue weighted by Crippen LogP contribution is 2.28. The van der Waals surface area contributed by atoms with Gasteiger partial charge in [0, 0.05) is 23.9 Å². The minimum Gasteiger partial charge on any atom is -0.395 e. The van der Waals surface area contributed by atoms with Crippen LogP contribution in [0.4, 0.5) is 24.8 Å². The zero-order valence-electron chi connectivity index (χ0n) is 12.0. The number of halogens is 3. The molecular formula is C12H19F3N4OS. The Morgan fingerprint density at radius 2 is 1.95 bits per heavy atom. The van der Waals surface area contributed by atoms with Crippen LogP contribution in [0.1, 0.15) is 19.7 Å². The molecule has 0 aliphatic heterocycles. The van der Waals surface area contributed by atoms with Crippen molar-refractivity contribution < 1.29 is 18.3 Å². The summed E-state index contributed by atoms with van der Waals surface area (Å²) in [7, 11) is 0. The summed E-state index contributed by atoms with van der Waals surface area (Å²) in [5.41, 5.74) is 0. The topological polar surface area (TPSA) is 70.1 Å². The van der Waals surface area contributed by atoms with Crippen molar-refractivity contribution in [2.24, 2.45) is 0 Å². The molecule has 0 spiro atoms. The quantitative estimate of drug-likeness (QED) is 0.716. The second-order valence-electron chi connectivity index (χ2n) is 4.38. The number of alkyl halides is 3. The summed E-state index contributed by atoms with van der Waals surface area (Å²) >= 11 is 1.43. The molecule has 5 nitrogen and oxygen atoms in total. The molecule has 1 aromatic heterocycles. The minimum absolute atomic E-state index is 0.0768. The predicted octanol–water partition coefficient (Wildman–Crippen LogP) is 2.45. The second-order valence-corrected chi connectivity index (χ2v) is 5.46. The third-order valence-corrected chi connectivity index (χ3v) is 3.92. The maximum Gasteiger partial charge on any atom is 0.451 e. The molecule has 0 aliphatic carbocycles. The number of nitrogens with one attached hydrogen (secondary N) is 2. The van der Waals surface area contributed by atoms with E-state index >= 15 is 0 Å². The van der Waals surface area contributed by atoms with Crippen molar-refractivity contribution in [3.8, 4) is 0 Å². The molecule has 1 rings (SSSR count). The number of thioether (sulfide) groups is 1. The molecule has 2 atom stereocenters. The summed E-state index contributed by atoms with van der Waals surface area (Å²) in [4.78, 5) is 6.94. The lowest BCUT2D eigenvalue weighted by molar-refractivity contribution is -0.144. The highest BCUT2D eigenvalue weighted by molar-refractivity contribution is 7.99. The Hall–Kier alpha value is -1.22. The average molecular weight is 324 g/mol. The summed E-state index contributed by atoms with van der Waals surface area (Å²) in [5.74, 6) is -1.01. The summed E-state index contributed by atoms with van der Waals surface area (Å²) in [6.45, 7) is 3.92. The zero-order chi connectivity index (χ0) is 16.0. The van der Waals surface area contributed by atoms with E-state index in [4.69, 9.17) is 0 Å². The number of anilines is 2. The molecule has 0 radical (unpaired) electrons. The number of hydrogen-bond acceptors (Lipinski definition) is 6. The van der Waals surface area contributed by atoms with Gasteiger partial charge in [-0.3, -0.25) is 0 Å². The van der Waals surface area contributed by atoms with Crippen molar-refractivity contribution in [1.29, 1.82) is 0 Å². The van der Waals surface area contributed by atoms with Crippen LogP contribution in [0.25, 0.3) is 0 Å². The minimum atomic E-state index is -4.61. The number of aliphatic hydroxyl groups is 1. The van der Waals surface area contributed by atoms with Gasteiger partial charge < -0.3 is 15.7 Å². The van der Waals surface area contributed by atoms with E-state index in [9.17, 15) is 18.3 Å². The standard InChI is InChI=1S/C12H19F3N4OS/c1-4-16-9-5-10(17-7(2)8(6-20)21-3)19-11(18-9)12(13,14)15/h5,7-8,20H,4,6H2,1-3H3,(H2,16,17,18,19). The Balaban J connectivity index is 3.02. The third kappa shape index (κ3) is 5.24. The fourth-order valence-corrected chi connectivity index (χ4v) is 2.31. The number of aliphatic hydroxyl groups excluding tert-OH is 1. The summed E-state index contributed by atoms with van der Waals surface area (Å²) in [5, 5.41) is 14.7. The summed E-state index contributed by atoms with van der Waals surface area (Å²) in [6, 6.07) is 1.18. The molecule has 0 fully saturated rings. The van der Waals surface area contributed by atoms with Gasteiger partial charge in [0.1, 0.15) is 11.6 Å². The summed E-state index contributed by atoms with van der Waals surface area (Å²) in [6.07, 6.45) is -2.79. The molecule has 3 N–H and O–H groups in total. The number of hydrogen-bond donors (Lipinski definition) is 3. The molecule has 0 bridgehead atoms. The van der Waals surface area contributed by atoms with E-state index in [0.29, 0.717) is 6.54 Å². The Morgan fingerprint density at radius 3 is 2.43 bits per heavy atom. The number of aromatic nitrogens is 2. The van der Waals surface area contributed by atoms with Gasteiger partial charge in [-0.2, -0.15) is 24.9 Å². The van der Waals surface area contributed by atoms with Crippen molar-refractivity contribution >= 4 is 23.4 Å². The van der Waals surface area contributed by atoms with Crippen molar-refractivity contribution in [3.05, 3.63) is 11.9 Å². The van der Waals surface area contributed by atoms with Gasteiger partial charge in [0.05, 0.1) is 6.61 Å². The van der Waals surface area contributed by atoms with Gasteiger partial charge >= 0.3 is 6.18 Å². The van der Waals surface area contributed by atoms with Gasteiger partial charge in [0.25, 0.3) is 0 Å². The Morgan fingerprint density at radius 1 is 1.33 bits per heavy atom. The first-order valence-electron chi connectivity index (χ1n) is 6.42. The zero-order valence-corrected chi connectivity index (χ0v) is 12.8. The van der Waals surface area contributed by atoms with Crippen molar-refractivity contribution in [2.45, 2.75) is 31.3 Å². The lowest BCUT2D eigenvalue weighted by atomic mass is 10.2.